The summed E-state index contributed by atoms with van der Waals surface area (Å²) >= 11 is 0. The Bertz CT molecular complexity index is 476. The summed E-state index contributed by atoms with van der Waals surface area (Å²) in [5.74, 6) is 0.727. The van der Waals surface area contributed by atoms with Gasteiger partial charge in [0.25, 0.3) is 0 Å². The molecule has 1 aliphatic heterocycles. The highest BCUT2D eigenvalue weighted by Gasteiger charge is 2.35. The molecule has 21 heavy (non-hydrogen) atoms. The fraction of sp³-hybridized carbons (Fsp3) is 0.611. The Morgan fingerprint density at radius 3 is 2.48 bits per heavy atom. The summed E-state index contributed by atoms with van der Waals surface area (Å²) in [6.07, 6.45) is 9.01. The molecule has 3 heteroatoms. The first-order valence-electron chi connectivity index (χ1n) is 8.38. The average Bonchev–Trinajstić information content (AvgIpc) is 3.00. The van der Waals surface area contributed by atoms with Gasteiger partial charge in [0.2, 0.25) is 0 Å². The Morgan fingerprint density at radius 1 is 1.05 bits per heavy atom. The molecule has 114 valence electrons. The highest BCUT2D eigenvalue weighted by atomic mass is 16.2. The third kappa shape index (κ3) is 3.39. The maximum absolute atomic E-state index is 12.6. The van der Waals surface area contributed by atoms with Crippen LogP contribution in [0.2, 0.25) is 0 Å². The number of hydrogen-bond acceptors (Lipinski definition) is 1. The molecule has 3 nitrogen and oxygen atoms in total. The third-order valence-electron chi connectivity index (χ3n) is 5.06. The quantitative estimate of drug-likeness (QED) is 0.848. The van der Waals surface area contributed by atoms with Crippen LogP contribution in [-0.4, -0.2) is 23.5 Å². The molecule has 1 saturated heterocycles. The number of rotatable bonds is 2. The van der Waals surface area contributed by atoms with E-state index < -0.39 is 0 Å². The van der Waals surface area contributed by atoms with Crippen molar-refractivity contribution < 1.29 is 4.79 Å². The molecule has 2 aliphatic rings. The summed E-state index contributed by atoms with van der Waals surface area (Å²) in [4.78, 5) is 14.7. The summed E-state index contributed by atoms with van der Waals surface area (Å²) in [5.41, 5.74) is 2.12. The van der Waals surface area contributed by atoms with Crippen molar-refractivity contribution in [2.75, 3.05) is 11.9 Å². The molecule has 1 aromatic carbocycles. The molecule has 3 rings (SSSR count). The SMILES string of the molecule is Cc1ccc(NC(=O)N2CCCC2C2CCCCC2)cc1. The van der Waals surface area contributed by atoms with Gasteiger partial charge in [-0.2, -0.15) is 0 Å². The van der Waals surface area contributed by atoms with Crippen molar-refractivity contribution in [3.05, 3.63) is 29.8 Å². The molecular formula is C18H26N2O. The van der Waals surface area contributed by atoms with Crippen LogP contribution in [0.3, 0.4) is 0 Å². The van der Waals surface area contributed by atoms with Gasteiger partial charge in [-0.3, -0.25) is 0 Å². The monoisotopic (exact) mass is 286 g/mol. The highest BCUT2D eigenvalue weighted by Crippen LogP contribution is 2.34. The molecule has 1 heterocycles. The van der Waals surface area contributed by atoms with E-state index in [0.717, 1.165) is 24.6 Å². The lowest BCUT2D eigenvalue weighted by molar-refractivity contribution is 0.166. The minimum absolute atomic E-state index is 0.0897. The summed E-state index contributed by atoms with van der Waals surface area (Å²) in [5, 5.41) is 3.07. The summed E-state index contributed by atoms with van der Waals surface area (Å²) in [6.45, 7) is 2.98. The topological polar surface area (TPSA) is 32.3 Å². The number of amides is 2. The fourth-order valence-electron chi connectivity index (χ4n) is 3.89. The molecule has 1 aliphatic carbocycles. The second kappa shape index (κ2) is 6.50. The number of carbonyl (C=O) groups excluding carboxylic acids is 1. The molecule has 1 saturated carbocycles. The summed E-state index contributed by atoms with van der Waals surface area (Å²) in [7, 11) is 0. The average molecular weight is 286 g/mol. The largest absolute Gasteiger partial charge is 0.322 e. The zero-order valence-corrected chi connectivity index (χ0v) is 13.0. The van der Waals surface area contributed by atoms with Gasteiger partial charge in [0, 0.05) is 18.3 Å². The lowest BCUT2D eigenvalue weighted by Crippen LogP contribution is -2.43. The Kier molecular flexibility index (Phi) is 4.47. The smallest absolute Gasteiger partial charge is 0.321 e. The standard InChI is InChI=1S/C18H26N2O/c1-14-9-11-16(12-10-14)19-18(21)20-13-5-8-17(20)15-6-3-2-4-7-15/h9-12,15,17H,2-8,13H2,1H3,(H,19,21). The van der Waals surface area contributed by atoms with E-state index in [0.29, 0.717) is 6.04 Å². The van der Waals surface area contributed by atoms with Crippen molar-refractivity contribution in [3.63, 3.8) is 0 Å². The van der Waals surface area contributed by atoms with Crippen LogP contribution in [0.5, 0.6) is 0 Å². The van der Waals surface area contributed by atoms with Gasteiger partial charge >= 0.3 is 6.03 Å². The van der Waals surface area contributed by atoms with Gasteiger partial charge in [-0.05, 0) is 50.7 Å². The van der Waals surface area contributed by atoms with Crippen LogP contribution >= 0.6 is 0 Å². The Hall–Kier alpha value is -1.51. The molecule has 1 unspecified atom stereocenters. The molecule has 1 aromatic rings. The van der Waals surface area contributed by atoms with Gasteiger partial charge < -0.3 is 10.2 Å². The zero-order chi connectivity index (χ0) is 14.7. The molecule has 1 atom stereocenters. The van der Waals surface area contributed by atoms with Gasteiger partial charge in [-0.15, -0.1) is 0 Å². The first-order chi connectivity index (χ1) is 10.2. The Balaban J connectivity index is 1.63. The number of nitrogens with one attached hydrogen (secondary N) is 1. The summed E-state index contributed by atoms with van der Waals surface area (Å²) in [6, 6.07) is 8.61. The predicted octanol–water partition coefficient (Wildman–Crippen LogP) is 4.57. The normalized spacial score (nSPS) is 23.3. The van der Waals surface area contributed by atoms with E-state index in [1.54, 1.807) is 0 Å². The van der Waals surface area contributed by atoms with E-state index in [9.17, 15) is 4.79 Å². The maximum atomic E-state index is 12.6. The number of benzene rings is 1. The number of likely N-dealkylation sites (tertiary alicyclic amines) is 1. The van der Waals surface area contributed by atoms with Gasteiger partial charge in [0.15, 0.2) is 0 Å². The molecule has 0 aromatic heterocycles. The zero-order valence-electron chi connectivity index (χ0n) is 13.0. The molecule has 0 spiro atoms. The van der Waals surface area contributed by atoms with Crippen molar-refractivity contribution in [1.29, 1.82) is 0 Å². The minimum atomic E-state index is 0.0897. The van der Waals surface area contributed by atoms with E-state index in [4.69, 9.17) is 0 Å². The molecule has 0 radical (unpaired) electrons. The van der Waals surface area contributed by atoms with E-state index in [1.807, 2.05) is 24.3 Å². The van der Waals surface area contributed by atoms with E-state index >= 15 is 0 Å². The van der Waals surface area contributed by atoms with Gasteiger partial charge in [0.05, 0.1) is 0 Å². The minimum Gasteiger partial charge on any atom is -0.321 e. The van der Waals surface area contributed by atoms with Gasteiger partial charge in [-0.1, -0.05) is 37.0 Å². The van der Waals surface area contributed by atoms with E-state index in [-0.39, 0.29) is 6.03 Å². The maximum Gasteiger partial charge on any atom is 0.322 e. The number of nitrogens with zero attached hydrogens (tertiary/aromatic N) is 1. The number of carbonyl (C=O) groups is 1. The lowest BCUT2D eigenvalue weighted by Gasteiger charge is -2.34. The van der Waals surface area contributed by atoms with Crippen molar-refractivity contribution >= 4 is 11.7 Å². The first-order valence-corrected chi connectivity index (χ1v) is 8.38. The number of hydrogen-bond donors (Lipinski definition) is 1. The molecular weight excluding hydrogens is 260 g/mol. The lowest BCUT2D eigenvalue weighted by atomic mass is 9.83. The van der Waals surface area contributed by atoms with Crippen LogP contribution in [0.25, 0.3) is 0 Å². The van der Waals surface area contributed by atoms with Crippen LogP contribution in [0, 0.1) is 12.8 Å². The Labute approximate surface area is 127 Å². The van der Waals surface area contributed by atoms with Crippen molar-refractivity contribution in [2.24, 2.45) is 5.92 Å². The second-order valence-electron chi connectivity index (χ2n) is 6.60. The van der Waals surface area contributed by atoms with Crippen LogP contribution in [-0.2, 0) is 0 Å². The fourth-order valence-corrected chi connectivity index (χ4v) is 3.89. The van der Waals surface area contributed by atoms with Crippen molar-refractivity contribution in [3.8, 4) is 0 Å². The van der Waals surface area contributed by atoms with Crippen LogP contribution in [0.1, 0.15) is 50.5 Å². The van der Waals surface area contributed by atoms with Gasteiger partial charge in [0.1, 0.15) is 0 Å². The van der Waals surface area contributed by atoms with Crippen LogP contribution < -0.4 is 5.32 Å². The second-order valence-corrected chi connectivity index (χ2v) is 6.60. The molecule has 2 amide bonds. The van der Waals surface area contributed by atoms with E-state index in [1.165, 1.54) is 44.1 Å². The Morgan fingerprint density at radius 2 is 1.76 bits per heavy atom. The number of urea groups is 1. The third-order valence-corrected chi connectivity index (χ3v) is 5.06. The summed E-state index contributed by atoms with van der Waals surface area (Å²) < 4.78 is 0. The number of aryl methyl sites for hydroxylation is 1. The molecule has 1 N–H and O–H groups in total. The predicted molar refractivity (Wildman–Crippen MR) is 86.5 cm³/mol. The highest BCUT2D eigenvalue weighted by molar-refractivity contribution is 5.89. The van der Waals surface area contributed by atoms with Crippen molar-refractivity contribution in [1.82, 2.24) is 4.90 Å². The van der Waals surface area contributed by atoms with Crippen LogP contribution in [0.15, 0.2) is 24.3 Å². The van der Waals surface area contributed by atoms with Crippen LogP contribution in [0.4, 0.5) is 10.5 Å². The van der Waals surface area contributed by atoms with Crippen molar-refractivity contribution in [2.45, 2.75) is 57.9 Å². The number of anilines is 1. The first kappa shape index (κ1) is 14.4. The molecule has 0 bridgehead atoms. The van der Waals surface area contributed by atoms with E-state index in [2.05, 4.69) is 17.1 Å². The molecule has 2 fully saturated rings. The van der Waals surface area contributed by atoms with Gasteiger partial charge in [-0.25, -0.2) is 4.79 Å².